The second-order valence-corrected chi connectivity index (χ2v) is 4.86. The van der Waals surface area contributed by atoms with E-state index in [9.17, 15) is 0 Å². The summed E-state index contributed by atoms with van der Waals surface area (Å²) in [5.41, 5.74) is 1.34. The maximum absolute atomic E-state index is 5.46. The normalized spacial score (nSPS) is 10.3. The van der Waals surface area contributed by atoms with E-state index in [4.69, 9.17) is 4.74 Å². The number of aromatic nitrogens is 1. The zero-order chi connectivity index (χ0) is 12.6. The Balaban J connectivity index is 1.75. The topological polar surface area (TPSA) is 34.1 Å². The second kappa shape index (κ2) is 7.01. The van der Waals surface area contributed by atoms with E-state index in [1.165, 1.54) is 5.56 Å². The number of thiazole rings is 1. The number of benzene rings is 1. The van der Waals surface area contributed by atoms with Crippen LogP contribution in [0.1, 0.15) is 18.9 Å². The lowest BCUT2D eigenvalue weighted by molar-refractivity contribution is 0.307. The van der Waals surface area contributed by atoms with Crippen molar-refractivity contribution < 1.29 is 4.74 Å². The second-order valence-electron chi connectivity index (χ2n) is 4.00. The zero-order valence-corrected chi connectivity index (χ0v) is 11.4. The van der Waals surface area contributed by atoms with E-state index in [1.54, 1.807) is 11.3 Å². The van der Waals surface area contributed by atoms with Crippen molar-refractivity contribution in [1.29, 1.82) is 0 Å². The Labute approximate surface area is 112 Å². The lowest BCUT2D eigenvalue weighted by atomic mass is 10.2. The van der Waals surface area contributed by atoms with E-state index >= 15 is 0 Å². The van der Waals surface area contributed by atoms with Crippen molar-refractivity contribution in [3.05, 3.63) is 41.3 Å². The molecule has 0 saturated carbocycles. The molecule has 0 radical (unpaired) electrons. The van der Waals surface area contributed by atoms with Crippen molar-refractivity contribution in [2.75, 3.05) is 18.5 Å². The molecule has 0 aliphatic carbocycles. The quantitative estimate of drug-likeness (QED) is 0.828. The number of rotatable bonds is 7. The third-order valence-electron chi connectivity index (χ3n) is 2.47. The van der Waals surface area contributed by atoms with Crippen molar-refractivity contribution in [3.8, 4) is 5.88 Å². The van der Waals surface area contributed by atoms with Gasteiger partial charge in [-0.1, -0.05) is 37.3 Å². The molecule has 4 heteroatoms. The molecule has 0 aliphatic heterocycles. The smallest absolute Gasteiger partial charge is 0.226 e. The molecule has 1 heterocycles. The predicted molar refractivity (Wildman–Crippen MR) is 76.5 cm³/mol. The van der Waals surface area contributed by atoms with E-state index in [2.05, 4.69) is 41.5 Å². The van der Waals surface area contributed by atoms with Gasteiger partial charge in [-0.3, -0.25) is 0 Å². The van der Waals surface area contributed by atoms with Crippen LogP contribution in [-0.2, 0) is 6.42 Å². The van der Waals surface area contributed by atoms with Gasteiger partial charge in [-0.05, 0) is 18.4 Å². The van der Waals surface area contributed by atoms with Gasteiger partial charge in [0.05, 0.1) is 12.0 Å². The molecule has 1 N–H and O–H groups in total. The monoisotopic (exact) mass is 262 g/mol. The van der Waals surface area contributed by atoms with Gasteiger partial charge in [-0.2, -0.15) is 4.98 Å². The van der Waals surface area contributed by atoms with Crippen molar-refractivity contribution in [3.63, 3.8) is 0 Å². The van der Waals surface area contributed by atoms with Crippen molar-refractivity contribution in [1.82, 2.24) is 4.98 Å². The summed E-state index contributed by atoms with van der Waals surface area (Å²) in [7, 11) is 0. The van der Waals surface area contributed by atoms with E-state index in [0.29, 0.717) is 0 Å². The van der Waals surface area contributed by atoms with Gasteiger partial charge in [0.1, 0.15) is 0 Å². The maximum Gasteiger partial charge on any atom is 0.226 e. The van der Waals surface area contributed by atoms with Gasteiger partial charge in [0.2, 0.25) is 5.88 Å². The highest BCUT2D eigenvalue weighted by Crippen LogP contribution is 2.20. The van der Waals surface area contributed by atoms with Crippen LogP contribution in [0, 0.1) is 0 Å². The average molecular weight is 262 g/mol. The van der Waals surface area contributed by atoms with Crippen molar-refractivity contribution >= 4 is 16.5 Å². The maximum atomic E-state index is 5.46. The van der Waals surface area contributed by atoms with Gasteiger partial charge in [0.25, 0.3) is 0 Å². The number of nitrogens with one attached hydrogen (secondary N) is 1. The van der Waals surface area contributed by atoms with Gasteiger partial charge < -0.3 is 10.1 Å². The molecule has 0 atom stereocenters. The fraction of sp³-hybridized carbons (Fsp3) is 0.357. The Bertz CT molecular complexity index is 456. The van der Waals surface area contributed by atoms with Gasteiger partial charge in [0, 0.05) is 6.54 Å². The molecule has 0 spiro atoms. The Kier molecular flexibility index (Phi) is 5.02. The van der Waals surface area contributed by atoms with Crippen LogP contribution < -0.4 is 10.1 Å². The van der Waals surface area contributed by atoms with E-state index in [0.717, 1.165) is 37.0 Å². The first-order chi connectivity index (χ1) is 8.88. The SMILES string of the molecule is CCCOc1csc(NCCc2ccccc2)n1. The minimum absolute atomic E-state index is 0.726. The fourth-order valence-corrected chi connectivity index (χ4v) is 2.23. The highest BCUT2D eigenvalue weighted by atomic mass is 32.1. The molecular formula is C14H18N2OS. The highest BCUT2D eigenvalue weighted by molar-refractivity contribution is 7.13. The Morgan fingerprint density at radius 2 is 2.11 bits per heavy atom. The molecule has 0 aliphatic rings. The first kappa shape index (κ1) is 12.9. The zero-order valence-electron chi connectivity index (χ0n) is 10.6. The standard InChI is InChI=1S/C14H18N2OS/c1-2-10-17-13-11-18-14(16-13)15-9-8-12-6-4-3-5-7-12/h3-7,11H,2,8-10H2,1H3,(H,15,16). The van der Waals surface area contributed by atoms with Crippen molar-refractivity contribution in [2.45, 2.75) is 19.8 Å². The predicted octanol–water partition coefficient (Wildman–Crippen LogP) is 3.59. The van der Waals surface area contributed by atoms with Crippen LogP contribution in [-0.4, -0.2) is 18.1 Å². The number of nitrogens with zero attached hydrogens (tertiary/aromatic N) is 1. The first-order valence-corrected chi connectivity index (χ1v) is 7.12. The van der Waals surface area contributed by atoms with Gasteiger partial charge >= 0.3 is 0 Å². The van der Waals surface area contributed by atoms with Gasteiger partial charge in [-0.15, -0.1) is 11.3 Å². The Morgan fingerprint density at radius 3 is 2.89 bits per heavy atom. The van der Waals surface area contributed by atoms with Crippen LogP contribution in [0.4, 0.5) is 5.13 Å². The summed E-state index contributed by atoms with van der Waals surface area (Å²) in [6.07, 6.45) is 2.01. The molecule has 0 fully saturated rings. The first-order valence-electron chi connectivity index (χ1n) is 6.24. The van der Waals surface area contributed by atoms with Crippen LogP contribution in [0.25, 0.3) is 0 Å². The lowest BCUT2D eigenvalue weighted by Gasteiger charge is -2.02. The van der Waals surface area contributed by atoms with E-state index in [1.807, 2.05) is 11.4 Å². The summed E-state index contributed by atoms with van der Waals surface area (Å²) >= 11 is 1.59. The molecule has 2 rings (SSSR count). The molecule has 96 valence electrons. The van der Waals surface area contributed by atoms with Crippen LogP contribution in [0.5, 0.6) is 5.88 Å². The summed E-state index contributed by atoms with van der Waals surface area (Å²) in [6.45, 7) is 3.71. The van der Waals surface area contributed by atoms with Crippen LogP contribution in [0.3, 0.4) is 0 Å². The third-order valence-corrected chi connectivity index (χ3v) is 3.25. The largest absolute Gasteiger partial charge is 0.477 e. The van der Waals surface area contributed by atoms with Crippen LogP contribution in [0.2, 0.25) is 0 Å². The van der Waals surface area contributed by atoms with Gasteiger partial charge in [-0.25, -0.2) is 0 Å². The third kappa shape index (κ3) is 4.04. The number of hydrogen-bond donors (Lipinski definition) is 1. The summed E-state index contributed by atoms with van der Waals surface area (Å²) in [4.78, 5) is 4.36. The highest BCUT2D eigenvalue weighted by Gasteiger charge is 2.01. The molecule has 0 unspecified atom stereocenters. The average Bonchev–Trinajstić information content (AvgIpc) is 2.85. The molecule has 0 amide bonds. The Hall–Kier alpha value is -1.55. The van der Waals surface area contributed by atoms with Gasteiger partial charge in [0.15, 0.2) is 5.13 Å². The van der Waals surface area contributed by atoms with E-state index < -0.39 is 0 Å². The molecule has 1 aromatic carbocycles. The van der Waals surface area contributed by atoms with E-state index in [-0.39, 0.29) is 0 Å². The summed E-state index contributed by atoms with van der Waals surface area (Å²) in [6, 6.07) is 10.4. The molecule has 0 bridgehead atoms. The lowest BCUT2D eigenvalue weighted by Crippen LogP contribution is -2.04. The molecule has 18 heavy (non-hydrogen) atoms. The molecule has 1 aromatic heterocycles. The summed E-state index contributed by atoms with van der Waals surface area (Å²) < 4.78 is 5.46. The fourth-order valence-electron chi connectivity index (χ4n) is 1.57. The molecule has 3 nitrogen and oxygen atoms in total. The van der Waals surface area contributed by atoms with Crippen molar-refractivity contribution in [2.24, 2.45) is 0 Å². The Morgan fingerprint density at radius 1 is 1.28 bits per heavy atom. The van der Waals surface area contributed by atoms with Crippen LogP contribution >= 0.6 is 11.3 Å². The van der Waals surface area contributed by atoms with Crippen LogP contribution in [0.15, 0.2) is 35.7 Å². The number of anilines is 1. The number of hydrogen-bond acceptors (Lipinski definition) is 4. The minimum Gasteiger partial charge on any atom is -0.477 e. The summed E-state index contributed by atoms with van der Waals surface area (Å²) in [5.74, 6) is 0.726. The molecular weight excluding hydrogens is 244 g/mol. The molecule has 0 saturated heterocycles. The minimum atomic E-state index is 0.726. The number of ether oxygens (including phenoxy) is 1. The molecule has 2 aromatic rings. The summed E-state index contributed by atoms with van der Waals surface area (Å²) in [5, 5.41) is 6.19.